The molecule has 0 radical (unpaired) electrons. The minimum Gasteiger partial charge on any atom is -0.329 e. The monoisotopic (exact) mass is 278 g/mol. The summed E-state index contributed by atoms with van der Waals surface area (Å²) in [6.45, 7) is 3.05. The number of rotatable bonds is 1. The van der Waals surface area contributed by atoms with Crippen molar-refractivity contribution in [1.82, 2.24) is 19.7 Å². The molecule has 7 heteroatoms. The van der Waals surface area contributed by atoms with Gasteiger partial charge in [0.1, 0.15) is 17.5 Å². The lowest BCUT2D eigenvalue weighted by atomic mass is 10.1. The van der Waals surface area contributed by atoms with Crippen molar-refractivity contribution < 1.29 is 13.6 Å². The van der Waals surface area contributed by atoms with E-state index in [2.05, 4.69) is 10.2 Å². The number of carbonyl (C=O) groups excluding carboxylic acids is 1. The van der Waals surface area contributed by atoms with E-state index in [-0.39, 0.29) is 12.1 Å². The minimum atomic E-state index is -0.723. The largest absolute Gasteiger partial charge is 0.329 e. The highest BCUT2D eigenvalue weighted by atomic mass is 19.1. The lowest BCUT2D eigenvalue weighted by Gasteiger charge is -2.27. The number of hydrogen-bond donors (Lipinski definition) is 0. The van der Waals surface area contributed by atoms with Crippen LogP contribution in [0.3, 0.4) is 0 Å². The van der Waals surface area contributed by atoms with Crippen LogP contribution in [-0.4, -0.2) is 32.1 Å². The molecule has 2 aromatic rings. The molecule has 1 aromatic carbocycles. The van der Waals surface area contributed by atoms with Gasteiger partial charge in [-0.2, -0.15) is 0 Å². The predicted octanol–water partition coefficient (Wildman–Crippen LogP) is 1.52. The molecule has 2 heterocycles. The third kappa shape index (κ3) is 2.04. The summed E-state index contributed by atoms with van der Waals surface area (Å²) < 4.78 is 28.7. The fourth-order valence-corrected chi connectivity index (χ4v) is 2.31. The van der Waals surface area contributed by atoms with Crippen molar-refractivity contribution in [3.63, 3.8) is 0 Å². The fraction of sp³-hybridized carbons (Fsp3) is 0.308. The van der Waals surface area contributed by atoms with E-state index in [0.717, 1.165) is 24.0 Å². The van der Waals surface area contributed by atoms with E-state index in [1.165, 1.54) is 4.90 Å². The molecule has 3 rings (SSSR count). The summed E-state index contributed by atoms with van der Waals surface area (Å²) in [5, 5.41) is 7.91. The van der Waals surface area contributed by atoms with Gasteiger partial charge in [-0.15, -0.1) is 10.2 Å². The van der Waals surface area contributed by atoms with Crippen molar-refractivity contribution in [2.45, 2.75) is 20.0 Å². The molecule has 1 aliphatic heterocycles. The molecule has 1 aromatic heterocycles. The Kier molecular flexibility index (Phi) is 2.96. The zero-order valence-electron chi connectivity index (χ0n) is 10.8. The molecule has 0 aliphatic carbocycles. The Hall–Kier alpha value is -2.31. The van der Waals surface area contributed by atoms with Crippen LogP contribution in [0.15, 0.2) is 18.2 Å². The number of aromatic nitrogens is 3. The van der Waals surface area contributed by atoms with Crippen molar-refractivity contribution in [2.75, 3.05) is 6.54 Å². The molecular formula is C13H12F2N4O. The second kappa shape index (κ2) is 4.66. The predicted molar refractivity (Wildman–Crippen MR) is 65.9 cm³/mol. The first kappa shape index (κ1) is 12.7. The van der Waals surface area contributed by atoms with Crippen LogP contribution < -0.4 is 0 Å². The maximum atomic E-state index is 13.6. The highest BCUT2D eigenvalue weighted by molar-refractivity contribution is 5.94. The number of benzene rings is 1. The number of aryl methyl sites for hydroxylation is 1. The molecule has 20 heavy (non-hydrogen) atoms. The molecule has 5 nitrogen and oxygen atoms in total. The Bertz CT molecular complexity index is 683. The maximum absolute atomic E-state index is 13.6. The maximum Gasteiger partial charge on any atom is 0.257 e. The molecule has 0 saturated carbocycles. The van der Waals surface area contributed by atoms with Crippen LogP contribution in [0.2, 0.25) is 0 Å². The van der Waals surface area contributed by atoms with Gasteiger partial charge >= 0.3 is 0 Å². The van der Waals surface area contributed by atoms with Crippen LogP contribution in [0.1, 0.15) is 22.0 Å². The third-order valence-corrected chi connectivity index (χ3v) is 3.38. The van der Waals surface area contributed by atoms with Gasteiger partial charge in [-0.3, -0.25) is 4.79 Å². The molecule has 1 amide bonds. The van der Waals surface area contributed by atoms with Gasteiger partial charge in [0.15, 0.2) is 5.82 Å². The van der Waals surface area contributed by atoms with Crippen molar-refractivity contribution in [3.8, 4) is 0 Å². The second-order valence-corrected chi connectivity index (χ2v) is 4.67. The normalized spacial score (nSPS) is 14.2. The van der Waals surface area contributed by atoms with E-state index < -0.39 is 17.5 Å². The van der Waals surface area contributed by atoms with Crippen LogP contribution >= 0.6 is 0 Å². The van der Waals surface area contributed by atoms with Crippen LogP contribution in [0.25, 0.3) is 0 Å². The van der Waals surface area contributed by atoms with Gasteiger partial charge in [-0.25, -0.2) is 8.78 Å². The van der Waals surface area contributed by atoms with E-state index in [0.29, 0.717) is 18.9 Å². The van der Waals surface area contributed by atoms with E-state index in [4.69, 9.17) is 0 Å². The average molecular weight is 278 g/mol. The van der Waals surface area contributed by atoms with Crippen molar-refractivity contribution in [3.05, 3.63) is 47.0 Å². The highest BCUT2D eigenvalue weighted by Crippen LogP contribution is 2.17. The smallest absolute Gasteiger partial charge is 0.257 e. The molecule has 0 N–H and O–H groups in total. The Labute approximate surface area is 113 Å². The van der Waals surface area contributed by atoms with Gasteiger partial charge in [0.2, 0.25) is 0 Å². The minimum absolute atomic E-state index is 0.246. The number of nitrogens with zero attached hydrogens (tertiary/aromatic N) is 4. The lowest BCUT2D eigenvalue weighted by Crippen LogP contribution is -2.39. The molecule has 104 valence electrons. The first-order valence-electron chi connectivity index (χ1n) is 6.19. The van der Waals surface area contributed by atoms with E-state index >= 15 is 0 Å². The van der Waals surface area contributed by atoms with Gasteiger partial charge in [-0.05, 0) is 25.1 Å². The lowest BCUT2D eigenvalue weighted by molar-refractivity contribution is 0.0701. The number of carbonyl (C=O) groups is 1. The highest BCUT2D eigenvalue weighted by Gasteiger charge is 2.26. The number of fused-ring (bicyclic) bond motifs is 1. The topological polar surface area (TPSA) is 51.0 Å². The van der Waals surface area contributed by atoms with Gasteiger partial charge in [0.05, 0.1) is 12.1 Å². The van der Waals surface area contributed by atoms with Gasteiger partial charge in [0, 0.05) is 13.1 Å². The summed E-state index contributed by atoms with van der Waals surface area (Å²) >= 11 is 0. The molecule has 0 saturated heterocycles. The Morgan fingerprint density at radius 2 is 2.05 bits per heavy atom. The SMILES string of the molecule is Cc1nnc2n1CCN(C(=O)c1cc(F)ccc1F)C2. The zero-order valence-corrected chi connectivity index (χ0v) is 10.8. The van der Waals surface area contributed by atoms with E-state index in [9.17, 15) is 13.6 Å². The first-order chi connectivity index (χ1) is 9.56. The Morgan fingerprint density at radius 1 is 1.25 bits per heavy atom. The van der Waals surface area contributed by atoms with Crippen LogP contribution in [-0.2, 0) is 13.1 Å². The summed E-state index contributed by atoms with van der Waals surface area (Å²) in [6, 6.07) is 2.86. The Balaban J connectivity index is 1.87. The second-order valence-electron chi connectivity index (χ2n) is 4.67. The molecule has 0 atom stereocenters. The van der Waals surface area contributed by atoms with Gasteiger partial charge in [-0.1, -0.05) is 0 Å². The average Bonchev–Trinajstić information content (AvgIpc) is 2.82. The summed E-state index contributed by atoms with van der Waals surface area (Å²) in [4.78, 5) is 13.7. The molecule has 0 fully saturated rings. The Morgan fingerprint density at radius 3 is 2.85 bits per heavy atom. The third-order valence-electron chi connectivity index (χ3n) is 3.38. The van der Waals surface area contributed by atoms with Crippen LogP contribution in [0, 0.1) is 18.6 Å². The van der Waals surface area contributed by atoms with Crippen molar-refractivity contribution >= 4 is 5.91 Å². The first-order valence-corrected chi connectivity index (χ1v) is 6.19. The summed E-state index contributed by atoms with van der Waals surface area (Å²) in [5.74, 6) is -0.456. The number of amides is 1. The quantitative estimate of drug-likeness (QED) is 0.794. The summed E-state index contributed by atoms with van der Waals surface area (Å²) in [5.41, 5.74) is -0.255. The number of halogens is 2. The number of hydrogen-bond acceptors (Lipinski definition) is 3. The molecular weight excluding hydrogens is 266 g/mol. The van der Waals surface area contributed by atoms with Crippen LogP contribution in [0.5, 0.6) is 0 Å². The fourth-order valence-electron chi connectivity index (χ4n) is 2.31. The molecule has 0 unspecified atom stereocenters. The standard InChI is InChI=1S/C13H12F2N4O/c1-8-16-17-12-7-18(4-5-19(8)12)13(20)10-6-9(14)2-3-11(10)15/h2-3,6H,4-5,7H2,1H3. The van der Waals surface area contributed by atoms with Crippen molar-refractivity contribution in [2.24, 2.45) is 0 Å². The van der Waals surface area contributed by atoms with Gasteiger partial charge in [0.25, 0.3) is 5.91 Å². The van der Waals surface area contributed by atoms with E-state index in [1.54, 1.807) is 0 Å². The summed E-state index contributed by atoms with van der Waals surface area (Å²) in [6.07, 6.45) is 0. The van der Waals surface area contributed by atoms with Crippen molar-refractivity contribution in [1.29, 1.82) is 0 Å². The molecule has 0 spiro atoms. The molecule has 0 bridgehead atoms. The van der Waals surface area contributed by atoms with Gasteiger partial charge < -0.3 is 9.47 Å². The van der Waals surface area contributed by atoms with Crippen LogP contribution in [0.4, 0.5) is 8.78 Å². The molecule has 1 aliphatic rings. The zero-order chi connectivity index (χ0) is 14.3. The summed E-state index contributed by atoms with van der Waals surface area (Å²) in [7, 11) is 0. The van der Waals surface area contributed by atoms with E-state index in [1.807, 2.05) is 11.5 Å².